The summed E-state index contributed by atoms with van der Waals surface area (Å²) in [5, 5.41) is 2.91. The van der Waals surface area contributed by atoms with Gasteiger partial charge in [0.05, 0.1) is 11.9 Å². The molecule has 0 atom stereocenters. The summed E-state index contributed by atoms with van der Waals surface area (Å²) < 4.78 is 28.1. The van der Waals surface area contributed by atoms with Gasteiger partial charge >= 0.3 is 0 Å². The Labute approximate surface area is 190 Å². The summed E-state index contributed by atoms with van der Waals surface area (Å²) in [6.07, 6.45) is 5.55. The second kappa shape index (κ2) is 9.99. The van der Waals surface area contributed by atoms with Gasteiger partial charge in [-0.1, -0.05) is 24.3 Å². The van der Waals surface area contributed by atoms with Gasteiger partial charge in [0.1, 0.15) is 5.82 Å². The Hall–Kier alpha value is -3.13. The van der Waals surface area contributed by atoms with Crippen molar-refractivity contribution in [2.75, 3.05) is 17.1 Å². The maximum absolute atomic E-state index is 12.3. The van der Waals surface area contributed by atoms with Gasteiger partial charge in [-0.15, -0.1) is 0 Å². The molecule has 170 valence electrons. The van der Waals surface area contributed by atoms with Gasteiger partial charge in [-0.25, -0.2) is 13.4 Å². The fourth-order valence-electron chi connectivity index (χ4n) is 3.55. The molecule has 0 aliphatic rings. The first-order chi connectivity index (χ1) is 15.1. The van der Waals surface area contributed by atoms with Gasteiger partial charge in [0.25, 0.3) is 0 Å². The molecule has 0 spiro atoms. The van der Waals surface area contributed by atoms with Gasteiger partial charge in [-0.05, 0) is 62.1 Å². The van der Waals surface area contributed by atoms with Crippen molar-refractivity contribution in [1.29, 1.82) is 0 Å². The first-order valence-corrected chi connectivity index (χ1v) is 12.4. The van der Waals surface area contributed by atoms with E-state index in [9.17, 15) is 13.2 Å². The number of imidazole rings is 1. The van der Waals surface area contributed by atoms with Crippen molar-refractivity contribution in [2.45, 2.75) is 40.2 Å². The number of sulfonamides is 1. The third-order valence-electron chi connectivity index (χ3n) is 5.33. The van der Waals surface area contributed by atoms with E-state index in [-0.39, 0.29) is 18.9 Å². The number of nitrogens with zero attached hydrogens (tertiary/aromatic N) is 3. The van der Waals surface area contributed by atoms with Crippen molar-refractivity contribution < 1.29 is 13.2 Å². The predicted octanol–water partition coefficient (Wildman–Crippen LogP) is 3.66. The zero-order valence-electron chi connectivity index (χ0n) is 19.0. The van der Waals surface area contributed by atoms with Crippen LogP contribution in [0.3, 0.4) is 0 Å². The van der Waals surface area contributed by atoms with Crippen LogP contribution in [-0.2, 0) is 21.4 Å². The van der Waals surface area contributed by atoms with Crippen molar-refractivity contribution in [3.63, 3.8) is 0 Å². The molecule has 2 aromatic carbocycles. The molecule has 0 aliphatic carbocycles. The second-order valence-corrected chi connectivity index (χ2v) is 9.92. The fraction of sp³-hybridized carbons (Fsp3) is 0.333. The SMILES string of the molecule is Cc1ccc(C)c(N(CCCC(=O)NCc2ccc(-n3ccnc3C)cc2)S(C)(=O)=O)c1. The first-order valence-electron chi connectivity index (χ1n) is 10.6. The number of amides is 1. The molecule has 0 unspecified atom stereocenters. The number of carbonyl (C=O) groups is 1. The highest BCUT2D eigenvalue weighted by Gasteiger charge is 2.19. The van der Waals surface area contributed by atoms with Gasteiger partial charge < -0.3 is 9.88 Å². The van der Waals surface area contributed by atoms with Gasteiger partial charge in [-0.2, -0.15) is 0 Å². The molecular weight excluding hydrogens is 424 g/mol. The average Bonchev–Trinajstić information content (AvgIpc) is 3.17. The summed E-state index contributed by atoms with van der Waals surface area (Å²) in [6.45, 7) is 6.45. The minimum Gasteiger partial charge on any atom is -0.352 e. The molecule has 3 rings (SSSR count). The summed E-state index contributed by atoms with van der Waals surface area (Å²) >= 11 is 0. The lowest BCUT2D eigenvalue weighted by Crippen LogP contribution is -2.32. The zero-order valence-corrected chi connectivity index (χ0v) is 19.8. The maximum atomic E-state index is 12.3. The van der Waals surface area contributed by atoms with E-state index in [1.165, 1.54) is 10.6 Å². The Morgan fingerprint density at radius 1 is 1.09 bits per heavy atom. The van der Waals surface area contributed by atoms with Crippen LogP contribution in [0, 0.1) is 20.8 Å². The molecule has 0 saturated heterocycles. The number of aromatic nitrogens is 2. The molecule has 0 fully saturated rings. The van der Waals surface area contributed by atoms with E-state index >= 15 is 0 Å². The van der Waals surface area contributed by atoms with Crippen LogP contribution < -0.4 is 9.62 Å². The molecule has 1 N–H and O–H groups in total. The highest BCUT2D eigenvalue weighted by Crippen LogP contribution is 2.24. The highest BCUT2D eigenvalue weighted by molar-refractivity contribution is 7.92. The predicted molar refractivity (Wildman–Crippen MR) is 127 cm³/mol. The molecule has 0 aliphatic heterocycles. The van der Waals surface area contributed by atoms with E-state index in [0.29, 0.717) is 18.7 Å². The van der Waals surface area contributed by atoms with Crippen molar-refractivity contribution >= 4 is 21.6 Å². The highest BCUT2D eigenvalue weighted by atomic mass is 32.2. The Morgan fingerprint density at radius 2 is 1.81 bits per heavy atom. The quantitative estimate of drug-likeness (QED) is 0.535. The number of aryl methyl sites for hydroxylation is 3. The van der Waals surface area contributed by atoms with Crippen LogP contribution in [0.5, 0.6) is 0 Å². The Balaban J connectivity index is 1.53. The molecule has 3 aromatic rings. The van der Waals surface area contributed by atoms with Crippen LogP contribution in [-0.4, -0.2) is 36.7 Å². The van der Waals surface area contributed by atoms with Crippen molar-refractivity contribution in [1.82, 2.24) is 14.9 Å². The molecule has 1 heterocycles. The van der Waals surface area contributed by atoms with Crippen LogP contribution in [0.2, 0.25) is 0 Å². The van der Waals surface area contributed by atoms with Gasteiger partial charge in [0.15, 0.2) is 0 Å². The Morgan fingerprint density at radius 3 is 2.44 bits per heavy atom. The van der Waals surface area contributed by atoms with Gasteiger partial charge in [0.2, 0.25) is 15.9 Å². The van der Waals surface area contributed by atoms with E-state index in [2.05, 4.69) is 10.3 Å². The van der Waals surface area contributed by atoms with Crippen LogP contribution in [0.1, 0.15) is 35.4 Å². The number of rotatable bonds is 9. The molecule has 0 bridgehead atoms. The third-order valence-corrected chi connectivity index (χ3v) is 6.51. The summed E-state index contributed by atoms with van der Waals surface area (Å²) in [4.78, 5) is 16.5. The van der Waals surface area contributed by atoms with Crippen molar-refractivity contribution in [3.05, 3.63) is 77.4 Å². The van der Waals surface area contributed by atoms with Crippen LogP contribution in [0.4, 0.5) is 5.69 Å². The first kappa shape index (κ1) is 23.5. The third kappa shape index (κ3) is 5.97. The average molecular weight is 455 g/mol. The molecule has 7 nitrogen and oxygen atoms in total. The maximum Gasteiger partial charge on any atom is 0.232 e. The lowest BCUT2D eigenvalue weighted by Gasteiger charge is -2.24. The standard InChI is InChI=1S/C24H30N4O3S/c1-18-7-8-19(2)23(16-18)28(32(4,30)31)14-5-6-24(29)26-17-21-9-11-22(12-10-21)27-15-13-25-20(27)3/h7-13,15-16H,5-6,14,17H2,1-4H3,(H,26,29). The van der Waals surface area contributed by atoms with Crippen molar-refractivity contribution in [3.8, 4) is 5.69 Å². The fourth-order valence-corrected chi connectivity index (χ4v) is 4.57. The molecule has 32 heavy (non-hydrogen) atoms. The Kier molecular flexibility index (Phi) is 7.35. The number of anilines is 1. The zero-order chi connectivity index (χ0) is 23.3. The molecule has 1 aromatic heterocycles. The van der Waals surface area contributed by atoms with Gasteiger partial charge in [-0.3, -0.25) is 9.10 Å². The minimum atomic E-state index is -3.44. The number of nitrogens with one attached hydrogen (secondary N) is 1. The van der Waals surface area contributed by atoms with Crippen LogP contribution in [0.25, 0.3) is 5.69 Å². The number of hydrogen-bond donors (Lipinski definition) is 1. The number of hydrogen-bond acceptors (Lipinski definition) is 4. The summed E-state index contributed by atoms with van der Waals surface area (Å²) in [6, 6.07) is 13.7. The van der Waals surface area contributed by atoms with E-state index in [1.807, 2.05) is 74.0 Å². The molecular formula is C24H30N4O3S. The summed E-state index contributed by atoms with van der Waals surface area (Å²) in [5.74, 6) is 0.809. The normalized spacial score (nSPS) is 11.4. The number of carbonyl (C=O) groups excluding carboxylic acids is 1. The van der Waals surface area contributed by atoms with Crippen molar-refractivity contribution in [2.24, 2.45) is 0 Å². The van der Waals surface area contributed by atoms with E-state index in [0.717, 1.165) is 28.2 Å². The largest absolute Gasteiger partial charge is 0.352 e. The lowest BCUT2D eigenvalue weighted by atomic mass is 10.1. The van der Waals surface area contributed by atoms with Gasteiger partial charge in [0, 0.05) is 37.6 Å². The Bertz CT molecular complexity index is 1180. The monoisotopic (exact) mass is 454 g/mol. The minimum absolute atomic E-state index is 0.103. The lowest BCUT2D eigenvalue weighted by molar-refractivity contribution is -0.121. The topological polar surface area (TPSA) is 84.3 Å². The molecule has 8 heteroatoms. The molecule has 0 saturated carbocycles. The van der Waals surface area contributed by atoms with E-state index in [4.69, 9.17) is 0 Å². The second-order valence-electron chi connectivity index (χ2n) is 8.02. The molecule has 1 amide bonds. The smallest absolute Gasteiger partial charge is 0.232 e. The summed E-state index contributed by atoms with van der Waals surface area (Å²) in [5.41, 5.74) is 4.56. The van der Waals surface area contributed by atoms with E-state index in [1.54, 1.807) is 6.20 Å². The van der Waals surface area contributed by atoms with Crippen LogP contribution >= 0.6 is 0 Å². The number of benzene rings is 2. The van der Waals surface area contributed by atoms with E-state index < -0.39 is 10.0 Å². The van der Waals surface area contributed by atoms with Crippen LogP contribution in [0.15, 0.2) is 54.9 Å². The summed E-state index contributed by atoms with van der Waals surface area (Å²) in [7, 11) is -3.44. The molecule has 0 radical (unpaired) electrons.